The molecule has 3 aromatic rings. The minimum atomic E-state index is -0.268. The Morgan fingerprint density at radius 2 is 1.76 bits per heavy atom. The van der Waals surface area contributed by atoms with Gasteiger partial charge in [-0.15, -0.1) is 0 Å². The molecule has 4 heteroatoms. The van der Waals surface area contributed by atoms with Crippen LogP contribution in [0, 0.1) is 5.82 Å². The van der Waals surface area contributed by atoms with Crippen LogP contribution in [-0.2, 0) is 6.54 Å². The molecule has 0 aliphatic carbocycles. The van der Waals surface area contributed by atoms with Crippen molar-refractivity contribution in [3.8, 4) is 11.3 Å². The Labute approximate surface area is 121 Å². The Bertz CT molecular complexity index is 748. The van der Waals surface area contributed by atoms with Crippen molar-refractivity contribution in [2.45, 2.75) is 6.54 Å². The van der Waals surface area contributed by atoms with Gasteiger partial charge in [0.15, 0.2) is 6.29 Å². The van der Waals surface area contributed by atoms with Gasteiger partial charge >= 0.3 is 0 Å². The van der Waals surface area contributed by atoms with Crippen LogP contribution in [0.3, 0.4) is 0 Å². The zero-order chi connectivity index (χ0) is 14.7. The molecule has 1 aromatic heterocycles. The first-order valence-corrected chi connectivity index (χ1v) is 6.59. The fourth-order valence-electron chi connectivity index (χ4n) is 2.28. The first kappa shape index (κ1) is 13.2. The van der Waals surface area contributed by atoms with Gasteiger partial charge < -0.3 is 0 Å². The normalized spacial score (nSPS) is 10.5. The van der Waals surface area contributed by atoms with E-state index in [1.54, 1.807) is 23.0 Å². The molecular weight excluding hydrogens is 267 g/mol. The molecule has 0 atom stereocenters. The minimum absolute atomic E-state index is 0.268. The summed E-state index contributed by atoms with van der Waals surface area (Å²) in [5, 5.41) is 4.27. The molecule has 0 aliphatic heterocycles. The number of carbonyl (C=O) groups excluding carboxylic acids is 1. The second-order valence-corrected chi connectivity index (χ2v) is 4.72. The van der Waals surface area contributed by atoms with E-state index in [4.69, 9.17) is 0 Å². The Kier molecular flexibility index (Phi) is 3.60. The number of rotatable bonds is 4. The third-order valence-electron chi connectivity index (χ3n) is 3.29. The predicted octanol–water partition coefficient (Wildman–Crippen LogP) is 3.55. The highest BCUT2D eigenvalue weighted by Gasteiger charge is 2.12. The summed E-state index contributed by atoms with van der Waals surface area (Å²) in [6.45, 7) is 0.484. The molecule has 0 radical (unpaired) electrons. The van der Waals surface area contributed by atoms with Gasteiger partial charge in [-0.05, 0) is 17.7 Å². The molecule has 3 nitrogen and oxygen atoms in total. The molecule has 3 rings (SSSR count). The third-order valence-corrected chi connectivity index (χ3v) is 3.29. The van der Waals surface area contributed by atoms with E-state index < -0.39 is 0 Å². The number of halogens is 1. The highest BCUT2D eigenvalue weighted by atomic mass is 19.1. The van der Waals surface area contributed by atoms with Gasteiger partial charge in [-0.2, -0.15) is 5.10 Å². The standard InChI is InChI=1S/C17H13FN2O/c18-16-8-6-13(7-9-16)11-20-17(15(12-21)10-19-20)14-4-2-1-3-5-14/h1-10,12H,11H2. The van der Waals surface area contributed by atoms with Gasteiger partial charge in [0.1, 0.15) is 5.82 Å². The largest absolute Gasteiger partial charge is 0.298 e. The molecule has 0 spiro atoms. The first-order chi connectivity index (χ1) is 10.3. The first-order valence-electron chi connectivity index (χ1n) is 6.59. The lowest BCUT2D eigenvalue weighted by atomic mass is 10.1. The fourth-order valence-corrected chi connectivity index (χ4v) is 2.28. The zero-order valence-electron chi connectivity index (χ0n) is 11.2. The highest BCUT2D eigenvalue weighted by Crippen LogP contribution is 2.23. The van der Waals surface area contributed by atoms with Gasteiger partial charge in [0.25, 0.3) is 0 Å². The predicted molar refractivity (Wildman–Crippen MR) is 78.6 cm³/mol. The van der Waals surface area contributed by atoms with E-state index in [0.717, 1.165) is 23.1 Å². The van der Waals surface area contributed by atoms with Gasteiger partial charge in [-0.3, -0.25) is 9.48 Å². The van der Waals surface area contributed by atoms with Crippen molar-refractivity contribution in [2.24, 2.45) is 0 Å². The van der Waals surface area contributed by atoms with Gasteiger partial charge in [-0.25, -0.2) is 4.39 Å². The van der Waals surface area contributed by atoms with Crippen LogP contribution in [0.4, 0.5) is 4.39 Å². The Morgan fingerprint density at radius 3 is 2.43 bits per heavy atom. The van der Waals surface area contributed by atoms with Gasteiger partial charge in [0.2, 0.25) is 0 Å². The number of aromatic nitrogens is 2. The van der Waals surface area contributed by atoms with Crippen LogP contribution < -0.4 is 0 Å². The third kappa shape index (κ3) is 2.74. The van der Waals surface area contributed by atoms with Crippen molar-refractivity contribution in [1.29, 1.82) is 0 Å². The molecule has 1 heterocycles. The van der Waals surface area contributed by atoms with Crippen molar-refractivity contribution < 1.29 is 9.18 Å². The summed E-state index contributed by atoms with van der Waals surface area (Å²) in [5.41, 5.74) is 3.17. The second-order valence-electron chi connectivity index (χ2n) is 4.72. The summed E-state index contributed by atoms with van der Waals surface area (Å²) in [6, 6.07) is 15.9. The van der Waals surface area contributed by atoms with E-state index in [1.807, 2.05) is 30.3 Å². The molecule has 0 N–H and O–H groups in total. The van der Waals surface area contributed by atoms with Gasteiger partial charge in [-0.1, -0.05) is 42.5 Å². The van der Waals surface area contributed by atoms with Crippen LogP contribution in [0.15, 0.2) is 60.8 Å². The average Bonchev–Trinajstić information content (AvgIpc) is 2.93. The number of nitrogens with zero attached hydrogens (tertiary/aromatic N) is 2. The molecule has 0 fully saturated rings. The maximum absolute atomic E-state index is 13.0. The topological polar surface area (TPSA) is 34.9 Å². The van der Waals surface area contributed by atoms with Gasteiger partial charge in [0.05, 0.1) is 24.0 Å². The molecule has 21 heavy (non-hydrogen) atoms. The maximum Gasteiger partial charge on any atom is 0.153 e. The van der Waals surface area contributed by atoms with Crippen LogP contribution in [0.1, 0.15) is 15.9 Å². The number of hydrogen-bond acceptors (Lipinski definition) is 2. The summed E-state index contributed by atoms with van der Waals surface area (Å²) in [4.78, 5) is 11.2. The summed E-state index contributed by atoms with van der Waals surface area (Å²) in [7, 11) is 0. The highest BCUT2D eigenvalue weighted by molar-refractivity contribution is 5.85. The van der Waals surface area contributed by atoms with E-state index in [2.05, 4.69) is 5.10 Å². The van der Waals surface area contributed by atoms with Crippen molar-refractivity contribution in [3.63, 3.8) is 0 Å². The number of benzene rings is 2. The molecular formula is C17H13FN2O. The van der Waals surface area contributed by atoms with E-state index in [-0.39, 0.29) is 5.82 Å². The Balaban J connectivity index is 2.01. The molecule has 0 saturated heterocycles. The Hall–Kier alpha value is -2.75. The quantitative estimate of drug-likeness (QED) is 0.685. The minimum Gasteiger partial charge on any atom is -0.298 e. The fraction of sp³-hybridized carbons (Fsp3) is 0.0588. The average molecular weight is 280 g/mol. The molecule has 0 aliphatic rings. The molecule has 2 aromatic carbocycles. The van der Waals surface area contributed by atoms with Crippen LogP contribution in [0.5, 0.6) is 0 Å². The van der Waals surface area contributed by atoms with Crippen molar-refractivity contribution in [2.75, 3.05) is 0 Å². The zero-order valence-corrected chi connectivity index (χ0v) is 11.2. The van der Waals surface area contributed by atoms with E-state index in [1.165, 1.54) is 12.1 Å². The molecule has 0 unspecified atom stereocenters. The monoisotopic (exact) mass is 280 g/mol. The SMILES string of the molecule is O=Cc1cnn(Cc2ccc(F)cc2)c1-c1ccccc1. The molecule has 0 amide bonds. The van der Waals surface area contributed by atoms with Gasteiger partial charge in [0, 0.05) is 5.56 Å². The molecule has 104 valence electrons. The lowest BCUT2D eigenvalue weighted by Crippen LogP contribution is -2.04. The summed E-state index contributed by atoms with van der Waals surface area (Å²) < 4.78 is 14.7. The Morgan fingerprint density at radius 1 is 1.05 bits per heavy atom. The van der Waals surface area contributed by atoms with Crippen LogP contribution >= 0.6 is 0 Å². The summed E-state index contributed by atoms with van der Waals surface area (Å²) in [6.07, 6.45) is 2.36. The summed E-state index contributed by atoms with van der Waals surface area (Å²) >= 11 is 0. The maximum atomic E-state index is 13.0. The van der Waals surface area contributed by atoms with Crippen LogP contribution in [0.2, 0.25) is 0 Å². The number of hydrogen-bond donors (Lipinski definition) is 0. The molecule has 0 saturated carbocycles. The number of aldehydes is 1. The number of carbonyl (C=O) groups is 1. The van der Waals surface area contributed by atoms with E-state index >= 15 is 0 Å². The van der Waals surface area contributed by atoms with Crippen LogP contribution in [0.25, 0.3) is 11.3 Å². The summed E-state index contributed by atoms with van der Waals surface area (Å²) in [5.74, 6) is -0.268. The smallest absolute Gasteiger partial charge is 0.153 e. The van der Waals surface area contributed by atoms with Crippen LogP contribution in [-0.4, -0.2) is 16.1 Å². The van der Waals surface area contributed by atoms with Crippen molar-refractivity contribution in [1.82, 2.24) is 9.78 Å². The van der Waals surface area contributed by atoms with E-state index in [0.29, 0.717) is 12.1 Å². The van der Waals surface area contributed by atoms with Crippen molar-refractivity contribution >= 4 is 6.29 Å². The molecule has 0 bridgehead atoms. The van der Waals surface area contributed by atoms with Crippen molar-refractivity contribution in [3.05, 3.63) is 77.7 Å². The lowest BCUT2D eigenvalue weighted by molar-refractivity contribution is 0.112. The lowest BCUT2D eigenvalue weighted by Gasteiger charge is -2.08. The van der Waals surface area contributed by atoms with E-state index in [9.17, 15) is 9.18 Å². The second kappa shape index (κ2) is 5.71.